The summed E-state index contributed by atoms with van der Waals surface area (Å²) in [7, 11) is 0. The monoisotopic (exact) mass is 278 g/mol. The first kappa shape index (κ1) is 16.2. The topological polar surface area (TPSA) is 62.7 Å². The summed E-state index contributed by atoms with van der Waals surface area (Å²) < 4.78 is 5.44. The zero-order chi connectivity index (χ0) is 15.2. The number of carbonyl (C=O) groups is 1. The van der Waals surface area contributed by atoms with Crippen molar-refractivity contribution in [1.82, 2.24) is 9.88 Å². The van der Waals surface area contributed by atoms with Crippen LogP contribution in [0.25, 0.3) is 0 Å². The summed E-state index contributed by atoms with van der Waals surface area (Å²) in [4.78, 5) is 18.1. The van der Waals surface area contributed by atoms with E-state index in [0.29, 0.717) is 18.9 Å². The molecule has 1 N–H and O–H groups in total. The van der Waals surface area contributed by atoms with Crippen LogP contribution < -0.4 is 4.74 Å². The van der Waals surface area contributed by atoms with Crippen molar-refractivity contribution in [1.29, 1.82) is 0 Å². The van der Waals surface area contributed by atoms with Gasteiger partial charge in [-0.15, -0.1) is 0 Å². The van der Waals surface area contributed by atoms with Crippen LogP contribution in [0.4, 0.5) is 0 Å². The summed E-state index contributed by atoms with van der Waals surface area (Å²) in [6.07, 6.45) is 3.15. The molecule has 0 atom stereocenters. The molecule has 0 radical (unpaired) electrons. The highest BCUT2D eigenvalue weighted by Gasteiger charge is 2.25. The minimum Gasteiger partial charge on any atom is -0.487 e. The second-order valence-corrected chi connectivity index (χ2v) is 5.08. The Kier molecular flexibility index (Phi) is 5.70. The van der Waals surface area contributed by atoms with Crippen molar-refractivity contribution in [2.45, 2.75) is 26.4 Å². The molecule has 1 rings (SSSR count). The Balaban J connectivity index is 2.97. The van der Waals surface area contributed by atoms with Crippen LogP contribution >= 0.6 is 0 Å². The third-order valence-corrected chi connectivity index (χ3v) is 2.58. The number of ether oxygens (including phenoxy) is 1. The second kappa shape index (κ2) is 7.05. The number of carbonyl (C=O) groups excluding carboxylic acids is 1. The summed E-state index contributed by atoms with van der Waals surface area (Å²) in [5.41, 5.74) is -0.705. The zero-order valence-corrected chi connectivity index (χ0v) is 12.3. The van der Waals surface area contributed by atoms with Crippen LogP contribution in [0, 0.1) is 0 Å². The van der Waals surface area contributed by atoms with E-state index in [1.165, 1.54) is 0 Å². The van der Waals surface area contributed by atoms with Crippen LogP contribution in [-0.2, 0) is 0 Å². The van der Waals surface area contributed by atoms with Crippen LogP contribution in [0.3, 0.4) is 0 Å². The Morgan fingerprint density at radius 2 is 2.30 bits per heavy atom. The number of rotatable bonds is 7. The summed E-state index contributed by atoms with van der Waals surface area (Å²) in [6, 6.07) is 3.41. The molecule has 0 aliphatic heterocycles. The van der Waals surface area contributed by atoms with Gasteiger partial charge in [0.25, 0.3) is 5.91 Å². The lowest BCUT2D eigenvalue weighted by Gasteiger charge is -2.28. The van der Waals surface area contributed by atoms with Crippen molar-refractivity contribution in [2.75, 3.05) is 19.7 Å². The van der Waals surface area contributed by atoms with Gasteiger partial charge in [0, 0.05) is 19.3 Å². The van der Waals surface area contributed by atoms with Gasteiger partial charge < -0.3 is 14.7 Å². The number of nitrogens with zero attached hydrogens (tertiary/aromatic N) is 2. The van der Waals surface area contributed by atoms with Crippen molar-refractivity contribution in [3.8, 4) is 5.75 Å². The summed E-state index contributed by atoms with van der Waals surface area (Å²) in [6.45, 7) is 9.79. The Morgan fingerprint density at radius 1 is 1.60 bits per heavy atom. The van der Waals surface area contributed by atoms with Crippen molar-refractivity contribution >= 4 is 5.91 Å². The van der Waals surface area contributed by atoms with E-state index in [1.807, 2.05) is 6.92 Å². The molecule has 0 saturated carbocycles. The van der Waals surface area contributed by atoms with Crippen LogP contribution in [-0.4, -0.2) is 46.2 Å². The molecule has 0 spiro atoms. The molecule has 0 saturated heterocycles. The zero-order valence-electron chi connectivity index (χ0n) is 12.3. The van der Waals surface area contributed by atoms with E-state index in [-0.39, 0.29) is 18.1 Å². The highest BCUT2D eigenvalue weighted by Crippen LogP contribution is 2.18. The first-order chi connectivity index (χ1) is 9.39. The fourth-order valence-corrected chi connectivity index (χ4v) is 1.76. The second-order valence-electron chi connectivity index (χ2n) is 5.08. The number of hydrogen-bond donors (Lipinski definition) is 1. The first-order valence-corrected chi connectivity index (χ1v) is 6.59. The van der Waals surface area contributed by atoms with Crippen molar-refractivity contribution < 1.29 is 14.6 Å². The normalized spacial score (nSPS) is 11.0. The molecule has 0 unspecified atom stereocenters. The maximum atomic E-state index is 12.5. The van der Waals surface area contributed by atoms with Gasteiger partial charge in [0.2, 0.25) is 0 Å². The molecule has 1 amide bonds. The molecule has 0 aromatic carbocycles. The number of likely N-dealkylation sites (N-methyl/N-ethyl adjacent to an activating group) is 1. The molecule has 5 nitrogen and oxygen atoms in total. The van der Waals surface area contributed by atoms with Crippen molar-refractivity contribution in [3.63, 3.8) is 0 Å². The molecule has 110 valence electrons. The van der Waals surface area contributed by atoms with E-state index in [4.69, 9.17) is 4.74 Å². The largest absolute Gasteiger partial charge is 0.487 e. The van der Waals surface area contributed by atoms with Gasteiger partial charge in [0.05, 0.1) is 5.60 Å². The molecule has 1 heterocycles. The van der Waals surface area contributed by atoms with Gasteiger partial charge in [0.15, 0.2) is 11.4 Å². The maximum absolute atomic E-state index is 12.5. The Labute approximate surface area is 119 Å². The van der Waals surface area contributed by atoms with Gasteiger partial charge in [-0.2, -0.15) is 0 Å². The third-order valence-electron chi connectivity index (χ3n) is 2.58. The highest BCUT2D eigenvalue weighted by molar-refractivity contribution is 5.95. The minimum atomic E-state index is -0.956. The molecule has 1 aromatic rings. The van der Waals surface area contributed by atoms with E-state index in [9.17, 15) is 9.90 Å². The van der Waals surface area contributed by atoms with Gasteiger partial charge in [-0.05, 0) is 32.9 Å². The molecule has 20 heavy (non-hydrogen) atoms. The van der Waals surface area contributed by atoms with Gasteiger partial charge in [0.1, 0.15) is 6.61 Å². The number of hydrogen-bond acceptors (Lipinski definition) is 4. The Hall–Kier alpha value is -1.88. The SMILES string of the molecule is C=CCOc1cccnc1C(=O)N(CC)CC(C)(C)O. The van der Waals surface area contributed by atoms with Gasteiger partial charge in [-0.3, -0.25) is 4.79 Å². The quantitative estimate of drug-likeness (QED) is 0.774. The number of aromatic nitrogens is 1. The molecule has 0 aliphatic carbocycles. The average molecular weight is 278 g/mol. The summed E-state index contributed by atoms with van der Waals surface area (Å²) in [5, 5.41) is 9.87. The molecular formula is C15H22N2O3. The molecule has 5 heteroatoms. The van der Waals surface area contributed by atoms with Crippen molar-refractivity contribution in [3.05, 3.63) is 36.7 Å². The number of pyridine rings is 1. The number of amides is 1. The fraction of sp³-hybridized carbons (Fsp3) is 0.467. The Morgan fingerprint density at radius 3 is 2.85 bits per heavy atom. The van der Waals surface area contributed by atoms with Crippen LogP contribution in [0.5, 0.6) is 5.75 Å². The molecule has 0 bridgehead atoms. The van der Waals surface area contributed by atoms with Gasteiger partial charge in [-0.25, -0.2) is 4.98 Å². The van der Waals surface area contributed by atoms with E-state index in [2.05, 4.69) is 11.6 Å². The Bertz CT molecular complexity index is 466. The average Bonchev–Trinajstić information content (AvgIpc) is 2.41. The van der Waals surface area contributed by atoms with E-state index >= 15 is 0 Å². The molecular weight excluding hydrogens is 256 g/mol. The maximum Gasteiger partial charge on any atom is 0.276 e. The van der Waals surface area contributed by atoms with Gasteiger partial charge >= 0.3 is 0 Å². The summed E-state index contributed by atoms with van der Waals surface area (Å²) >= 11 is 0. The van der Waals surface area contributed by atoms with E-state index < -0.39 is 5.60 Å². The van der Waals surface area contributed by atoms with Crippen LogP contribution in [0.1, 0.15) is 31.3 Å². The van der Waals surface area contributed by atoms with Crippen LogP contribution in [0.15, 0.2) is 31.0 Å². The molecule has 0 aliphatic rings. The fourth-order valence-electron chi connectivity index (χ4n) is 1.76. The number of aliphatic hydroxyl groups is 1. The molecule has 1 aromatic heterocycles. The highest BCUT2D eigenvalue weighted by atomic mass is 16.5. The lowest BCUT2D eigenvalue weighted by Crippen LogP contribution is -2.42. The third kappa shape index (κ3) is 4.66. The first-order valence-electron chi connectivity index (χ1n) is 6.59. The smallest absolute Gasteiger partial charge is 0.276 e. The lowest BCUT2D eigenvalue weighted by molar-refractivity contribution is 0.0309. The predicted octanol–water partition coefficient (Wildman–Crippen LogP) is 1.88. The molecule has 0 fully saturated rings. The van der Waals surface area contributed by atoms with Gasteiger partial charge in [-0.1, -0.05) is 12.7 Å². The lowest BCUT2D eigenvalue weighted by atomic mass is 10.1. The predicted molar refractivity (Wildman–Crippen MR) is 77.8 cm³/mol. The standard InChI is InChI=1S/C15H22N2O3/c1-5-10-20-12-8-7-9-16-13(12)14(18)17(6-2)11-15(3,4)19/h5,7-9,19H,1,6,10-11H2,2-4H3. The van der Waals surface area contributed by atoms with Crippen molar-refractivity contribution in [2.24, 2.45) is 0 Å². The minimum absolute atomic E-state index is 0.236. The summed E-state index contributed by atoms with van der Waals surface area (Å²) in [5.74, 6) is 0.167. The van der Waals surface area contributed by atoms with E-state index in [0.717, 1.165) is 0 Å². The van der Waals surface area contributed by atoms with E-state index in [1.54, 1.807) is 43.2 Å². The van der Waals surface area contributed by atoms with Crippen LogP contribution in [0.2, 0.25) is 0 Å².